The molecule has 0 saturated carbocycles. The van der Waals surface area contributed by atoms with Crippen LogP contribution in [-0.4, -0.2) is 17.7 Å². The van der Waals surface area contributed by atoms with E-state index in [1.165, 1.54) is 0 Å². The van der Waals surface area contributed by atoms with Crippen LogP contribution < -0.4 is 5.32 Å². The molecule has 1 aromatic rings. The van der Waals surface area contributed by atoms with E-state index in [2.05, 4.69) is 26.2 Å². The fourth-order valence-corrected chi connectivity index (χ4v) is 1.31. The van der Waals surface area contributed by atoms with Gasteiger partial charge in [-0.15, -0.1) is 0 Å². The maximum atomic E-state index is 7.76. The van der Waals surface area contributed by atoms with Crippen LogP contribution in [0.3, 0.4) is 0 Å². The van der Waals surface area contributed by atoms with Gasteiger partial charge in [0.15, 0.2) is 0 Å². The average molecular weight is 240 g/mol. The standard InChI is InChI=1S/C9H10BrN3/c1-12-6-8(10)9(11)7-2-4-13-5-3-7/h2-6,11-12H,1H3/b8-6+,11-9?. The smallest absolute Gasteiger partial charge is 0.0769 e. The number of hydrogen-bond donors (Lipinski definition) is 2. The number of nitrogens with one attached hydrogen (secondary N) is 2. The SMILES string of the molecule is CN/C=C(/Br)C(=N)c1ccncc1. The predicted octanol–water partition coefficient (Wildman–Crippen LogP) is 1.91. The molecule has 0 amide bonds. The van der Waals surface area contributed by atoms with Crippen LogP contribution in [0.25, 0.3) is 0 Å². The molecule has 0 aromatic carbocycles. The third-order valence-electron chi connectivity index (χ3n) is 1.48. The Morgan fingerprint density at radius 1 is 1.54 bits per heavy atom. The number of hydrogen-bond acceptors (Lipinski definition) is 3. The summed E-state index contributed by atoms with van der Waals surface area (Å²) < 4.78 is 0.723. The quantitative estimate of drug-likeness (QED) is 0.793. The molecule has 68 valence electrons. The number of pyridine rings is 1. The molecule has 1 aromatic heterocycles. The Morgan fingerprint density at radius 3 is 2.69 bits per heavy atom. The highest BCUT2D eigenvalue weighted by Gasteiger charge is 2.03. The van der Waals surface area contributed by atoms with Gasteiger partial charge in [-0.05, 0) is 28.1 Å². The maximum absolute atomic E-state index is 7.76. The number of aromatic nitrogens is 1. The van der Waals surface area contributed by atoms with E-state index in [9.17, 15) is 0 Å². The van der Waals surface area contributed by atoms with Crippen molar-refractivity contribution in [3.8, 4) is 0 Å². The summed E-state index contributed by atoms with van der Waals surface area (Å²) in [4.78, 5) is 3.89. The van der Waals surface area contributed by atoms with E-state index >= 15 is 0 Å². The van der Waals surface area contributed by atoms with Crippen LogP contribution in [0.5, 0.6) is 0 Å². The summed E-state index contributed by atoms with van der Waals surface area (Å²) in [5.74, 6) is 0. The molecule has 0 aliphatic heterocycles. The van der Waals surface area contributed by atoms with E-state index in [1.54, 1.807) is 37.8 Å². The van der Waals surface area contributed by atoms with Crippen molar-refractivity contribution < 1.29 is 0 Å². The van der Waals surface area contributed by atoms with Crippen molar-refractivity contribution in [3.63, 3.8) is 0 Å². The lowest BCUT2D eigenvalue weighted by molar-refractivity contribution is 1.10. The van der Waals surface area contributed by atoms with Gasteiger partial charge in [-0.1, -0.05) is 0 Å². The Kier molecular flexibility index (Phi) is 3.64. The van der Waals surface area contributed by atoms with Crippen molar-refractivity contribution in [1.29, 1.82) is 5.41 Å². The minimum Gasteiger partial charge on any atom is -0.393 e. The van der Waals surface area contributed by atoms with Gasteiger partial charge in [0.2, 0.25) is 0 Å². The second-order valence-electron chi connectivity index (χ2n) is 2.39. The third-order valence-corrected chi connectivity index (χ3v) is 2.10. The Morgan fingerprint density at radius 2 is 2.15 bits per heavy atom. The van der Waals surface area contributed by atoms with Gasteiger partial charge in [-0.25, -0.2) is 0 Å². The first-order valence-corrected chi connectivity index (χ1v) is 4.57. The van der Waals surface area contributed by atoms with Crippen molar-refractivity contribution >= 4 is 21.6 Å². The lowest BCUT2D eigenvalue weighted by Crippen LogP contribution is -2.03. The normalized spacial score (nSPS) is 11.1. The van der Waals surface area contributed by atoms with Gasteiger partial charge < -0.3 is 5.32 Å². The zero-order chi connectivity index (χ0) is 9.68. The van der Waals surface area contributed by atoms with Crippen molar-refractivity contribution in [1.82, 2.24) is 10.3 Å². The molecule has 1 rings (SSSR count). The van der Waals surface area contributed by atoms with Crippen LogP contribution in [0.1, 0.15) is 5.56 Å². The molecule has 0 bridgehead atoms. The molecule has 0 fully saturated rings. The summed E-state index contributed by atoms with van der Waals surface area (Å²) >= 11 is 3.29. The Balaban J connectivity index is 2.86. The molecule has 3 nitrogen and oxygen atoms in total. The van der Waals surface area contributed by atoms with Gasteiger partial charge in [0, 0.05) is 31.2 Å². The molecule has 0 aliphatic carbocycles. The van der Waals surface area contributed by atoms with Gasteiger partial charge in [0.05, 0.1) is 10.2 Å². The lowest BCUT2D eigenvalue weighted by atomic mass is 10.1. The number of allylic oxidation sites excluding steroid dienone is 1. The molecule has 0 atom stereocenters. The molecular weight excluding hydrogens is 230 g/mol. The zero-order valence-electron chi connectivity index (χ0n) is 7.21. The topological polar surface area (TPSA) is 48.8 Å². The molecule has 4 heteroatoms. The largest absolute Gasteiger partial charge is 0.393 e. The summed E-state index contributed by atoms with van der Waals surface area (Å²) in [6.07, 6.45) is 5.07. The summed E-state index contributed by atoms with van der Waals surface area (Å²) in [6, 6.07) is 3.60. The summed E-state index contributed by atoms with van der Waals surface area (Å²) in [5.41, 5.74) is 1.28. The molecule has 0 saturated heterocycles. The monoisotopic (exact) mass is 239 g/mol. The first-order valence-electron chi connectivity index (χ1n) is 3.78. The second kappa shape index (κ2) is 4.77. The summed E-state index contributed by atoms with van der Waals surface area (Å²) in [6.45, 7) is 0. The Labute approximate surface area is 85.5 Å². The van der Waals surface area contributed by atoms with Crippen LogP contribution in [0.15, 0.2) is 35.2 Å². The molecule has 13 heavy (non-hydrogen) atoms. The Hall–Kier alpha value is -1.16. The fourth-order valence-electron chi connectivity index (χ4n) is 0.855. The average Bonchev–Trinajstić information content (AvgIpc) is 2.18. The van der Waals surface area contributed by atoms with Gasteiger partial charge >= 0.3 is 0 Å². The van der Waals surface area contributed by atoms with Gasteiger partial charge in [0.25, 0.3) is 0 Å². The molecule has 1 heterocycles. The van der Waals surface area contributed by atoms with Crippen molar-refractivity contribution in [3.05, 3.63) is 40.8 Å². The summed E-state index contributed by atoms with van der Waals surface area (Å²) in [5, 5.41) is 10.6. The van der Waals surface area contributed by atoms with Crippen molar-refractivity contribution in [2.24, 2.45) is 0 Å². The van der Waals surface area contributed by atoms with Crippen LogP contribution in [0.2, 0.25) is 0 Å². The van der Waals surface area contributed by atoms with Gasteiger partial charge in [-0.3, -0.25) is 10.4 Å². The molecule has 0 unspecified atom stereocenters. The van der Waals surface area contributed by atoms with Crippen LogP contribution in [0, 0.1) is 5.41 Å². The molecular formula is C9H10BrN3. The Bertz CT molecular complexity index is 319. The highest BCUT2D eigenvalue weighted by Crippen LogP contribution is 2.11. The maximum Gasteiger partial charge on any atom is 0.0769 e. The number of nitrogens with zero attached hydrogens (tertiary/aromatic N) is 1. The van der Waals surface area contributed by atoms with Crippen LogP contribution >= 0.6 is 15.9 Å². The first-order chi connectivity index (χ1) is 6.25. The van der Waals surface area contributed by atoms with Crippen LogP contribution in [0.4, 0.5) is 0 Å². The van der Waals surface area contributed by atoms with E-state index in [0.29, 0.717) is 5.71 Å². The minimum atomic E-state index is 0.441. The first kappa shape index (κ1) is 9.92. The highest BCUT2D eigenvalue weighted by molar-refractivity contribution is 9.12. The van der Waals surface area contributed by atoms with Crippen LogP contribution in [-0.2, 0) is 0 Å². The van der Waals surface area contributed by atoms with Crippen molar-refractivity contribution in [2.75, 3.05) is 7.05 Å². The lowest BCUT2D eigenvalue weighted by Gasteiger charge is -2.01. The fraction of sp³-hybridized carbons (Fsp3) is 0.111. The zero-order valence-corrected chi connectivity index (χ0v) is 8.80. The number of rotatable bonds is 3. The van der Waals surface area contributed by atoms with E-state index in [-0.39, 0.29) is 0 Å². The van der Waals surface area contributed by atoms with E-state index < -0.39 is 0 Å². The second-order valence-corrected chi connectivity index (χ2v) is 3.25. The number of halogens is 1. The predicted molar refractivity (Wildman–Crippen MR) is 57.1 cm³/mol. The highest BCUT2D eigenvalue weighted by atomic mass is 79.9. The van der Waals surface area contributed by atoms with Gasteiger partial charge in [0.1, 0.15) is 0 Å². The van der Waals surface area contributed by atoms with Gasteiger partial charge in [-0.2, -0.15) is 0 Å². The van der Waals surface area contributed by atoms with E-state index in [1.807, 2.05) is 0 Å². The molecule has 0 aliphatic rings. The molecule has 0 spiro atoms. The molecule has 0 radical (unpaired) electrons. The van der Waals surface area contributed by atoms with E-state index in [0.717, 1.165) is 10.0 Å². The summed E-state index contributed by atoms with van der Waals surface area (Å²) in [7, 11) is 1.79. The third kappa shape index (κ3) is 2.66. The minimum absolute atomic E-state index is 0.441. The van der Waals surface area contributed by atoms with Crippen molar-refractivity contribution in [2.45, 2.75) is 0 Å². The van der Waals surface area contributed by atoms with E-state index in [4.69, 9.17) is 5.41 Å². The molecule has 2 N–H and O–H groups in total.